The molecule has 0 spiro atoms. The smallest absolute Gasteiger partial charge is 0.348 e. The second-order valence-corrected chi connectivity index (χ2v) is 7.27. The van der Waals surface area contributed by atoms with Crippen LogP contribution in [0.1, 0.15) is 44.6 Å². The van der Waals surface area contributed by atoms with Gasteiger partial charge in [0.25, 0.3) is 0 Å². The summed E-state index contributed by atoms with van der Waals surface area (Å²) in [5.74, 6) is -0.349. The van der Waals surface area contributed by atoms with Crippen molar-refractivity contribution in [3.05, 3.63) is 56.8 Å². The maximum absolute atomic E-state index is 12.0. The molecular formula is C20H25NO3S. The quantitative estimate of drug-likeness (QED) is 0.576. The van der Waals surface area contributed by atoms with E-state index in [1.165, 1.54) is 22.5 Å². The zero-order chi connectivity index (χ0) is 18.2. The summed E-state index contributed by atoms with van der Waals surface area (Å²) < 4.78 is 5.22. The number of rotatable bonds is 8. The average Bonchev–Trinajstić information content (AvgIpc) is 2.99. The molecule has 1 heterocycles. The Hall–Kier alpha value is -2.14. The summed E-state index contributed by atoms with van der Waals surface area (Å²) in [5, 5.41) is 2.79. The van der Waals surface area contributed by atoms with E-state index in [-0.39, 0.29) is 18.5 Å². The Morgan fingerprint density at radius 2 is 1.88 bits per heavy atom. The molecule has 0 fully saturated rings. The highest BCUT2D eigenvalue weighted by Crippen LogP contribution is 2.22. The highest BCUT2D eigenvalue weighted by atomic mass is 32.1. The van der Waals surface area contributed by atoms with E-state index in [1.807, 2.05) is 44.2 Å². The molecule has 0 aliphatic carbocycles. The van der Waals surface area contributed by atoms with Gasteiger partial charge in [-0.05, 0) is 43.9 Å². The molecule has 4 nitrogen and oxygen atoms in total. The van der Waals surface area contributed by atoms with Crippen molar-refractivity contribution in [3.8, 4) is 0 Å². The van der Waals surface area contributed by atoms with Gasteiger partial charge in [0.15, 0.2) is 0 Å². The van der Waals surface area contributed by atoms with E-state index in [9.17, 15) is 9.59 Å². The van der Waals surface area contributed by atoms with Crippen molar-refractivity contribution in [1.82, 2.24) is 5.32 Å². The number of thiophene rings is 1. The minimum atomic E-state index is -0.318. The molecule has 0 unspecified atom stereocenters. The summed E-state index contributed by atoms with van der Waals surface area (Å²) in [6, 6.07) is 10.1. The minimum Gasteiger partial charge on any atom is -0.460 e. The topological polar surface area (TPSA) is 55.4 Å². The lowest BCUT2D eigenvalue weighted by atomic mass is 10.1. The molecule has 1 aromatic carbocycles. The Bertz CT molecular complexity index is 719. The first-order valence-corrected chi connectivity index (χ1v) is 9.40. The Morgan fingerprint density at radius 1 is 1.16 bits per heavy atom. The monoisotopic (exact) mass is 359 g/mol. The maximum Gasteiger partial charge on any atom is 0.348 e. The van der Waals surface area contributed by atoms with Crippen molar-refractivity contribution in [1.29, 1.82) is 0 Å². The van der Waals surface area contributed by atoms with Crippen LogP contribution in [-0.4, -0.2) is 25.0 Å². The van der Waals surface area contributed by atoms with Crippen molar-refractivity contribution in [2.24, 2.45) is 0 Å². The van der Waals surface area contributed by atoms with Gasteiger partial charge in [0.05, 0.1) is 6.54 Å². The fourth-order valence-electron chi connectivity index (χ4n) is 2.48. The zero-order valence-electron chi connectivity index (χ0n) is 15.1. The molecule has 0 saturated heterocycles. The molecule has 1 amide bonds. The summed E-state index contributed by atoms with van der Waals surface area (Å²) >= 11 is 1.46. The molecule has 0 saturated carbocycles. The van der Waals surface area contributed by atoms with Gasteiger partial charge in [-0.15, -0.1) is 11.3 Å². The highest BCUT2D eigenvalue weighted by Gasteiger charge is 2.13. The van der Waals surface area contributed by atoms with Crippen LogP contribution >= 0.6 is 11.3 Å². The van der Waals surface area contributed by atoms with Crippen molar-refractivity contribution < 1.29 is 14.3 Å². The molecule has 1 aromatic heterocycles. The number of nitrogens with one attached hydrogen (secondary N) is 1. The van der Waals surface area contributed by atoms with Crippen LogP contribution in [0.3, 0.4) is 0 Å². The van der Waals surface area contributed by atoms with E-state index in [2.05, 4.69) is 12.2 Å². The predicted octanol–water partition coefficient (Wildman–Crippen LogP) is 3.83. The third-order valence-electron chi connectivity index (χ3n) is 4.02. The molecule has 0 radical (unpaired) electrons. The normalized spacial score (nSPS) is 10.5. The van der Waals surface area contributed by atoms with Crippen LogP contribution in [0.4, 0.5) is 0 Å². The molecule has 0 bridgehead atoms. The Kier molecular flexibility index (Phi) is 7.19. The standard InChI is InChI=1S/C20H25NO3S/c1-4-17-13-18(25-15(17)3)20(23)24-12-11-21-19(22)10-9-16-7-5-14(2)6-8-16/h5-8,13H,4,9-12H2,1-3H3,(H,21,22). The lowest BCUT2D eigenvalue weighted by Crippen LogP contribution is -2.28. The summed E-state index contributed by atoms with van der Waals surface area (Å²) in [6.45, 7) is 6.64. The number of hydrogen-bond acceptors (Lipinski definition) is 4. The zero-order valence-corrected chi connectivity index (χ0v) is 15.9. The van der Waals surface area contributed by atoms with E-state index < -0.39 is 0 Å². The highest BCUT2D eigenvalue weighted by molar-refractivity contribution is 7.14. The SMILES string of the molecule is CCc1cc(C(=O)OCCNC(=O)CCc2ccc(C)cc2)sc1C. The molecule has 1 N–H and O–H groups in total. The Balaban J connectivity index is 1.65. The number of amides is 1. The van der Waals surface area contributed by atoms with Crippen molar-refractivity contribution >= 4 is 23.2 Å². The third kappa shape index (κ3) is 6.02. The van der Waals surface area contributed by atoms with Gasteiger partial charge in [0.1, 0.15) is 11.5 Å². The van der Waals surface area contributed by atoms with Crippen molar-refractivity contribution in [2.45, 2.75) is 40.0 Å². The first kappa shape index (κ1) is 19.2. The van der Waals surface area contributed by atoms with Gasteiger partial charge in [-0.1, -0.05) is 36.8 Å². The van der Waals surface area contributed by atoms with E-state index in [4.69, 9.17) is 4.74 Å². The van der Waals surface area contributed by atoms with Crippen molar-refractivity contribution in [2.75, 3.05) is 13.2 Å². The molecule has 2 rings (SSSR count). The van der Waals surface area contributed by atoms with Gasteiger partial charge in [0, 0.05) is 11.3 Å². The summed E-state index contributed by atoms with van der Waals surface area (Å²) in [6.07, 6.45) is 2.05. The van der Waals surface area contributed by atoms with Gasteiger partial charge >= 0.3 is 5.97 Å². The molecule has 5 heteroatoms. The van der Waals surface area contributed by atoms with E-state index >= 15 is 0 Å². The van der Waals surface area contributed by atoms with Crippen LogP contribution in [0.25, 0.3) is 0 Å². The molecular weight excluding hydrogens is 334 g/mol. The Labute approximate surface area is 153 Å². The second kappa shape index (κ2) is 9.37. The first-order valence-electron chi connectivity index (χ1n) is 8.58. The van der Waals surface area contributed by atoms with Crippen LogP contribution in [0.2, 0.25) is 0 Å². The second-order valence-electron chi connectivity index (χ2n) is 6.02. The first-order chi connectivity index (χ1) is 12.0. The number of aryl methyl sites for hydroxylation is 4. The summed E-state index contributed by atoms with van der Waals surface area (Å²) in [4.78, 5) is 25.6. The van der Waals surface area contributed by atoms with Gasteiger partial charge in [0.2, 0.25) is 5.91 Å². The molecule has 2 aromatic rings. The van der Waals surface area contributed by atoms with Crippen LogP contribution in [-0.2, 0) is 22.4 Å². The maximum atomic E-state index is 12.0. The van der Waals surface area contributed by atoms with Crippen LogP contribution in [0.15, 0.2) is 30.3 Å². The van der Waals surface area contributed by atoms with E-state index in [0.29, 0.717) is 24.3 Å². The van der Waals surface area contributed by atoms with Gasteiger partial charge in [-0.3, -0.25) is 4.79 Å². The molecule has 134 valence electrons. The van der Waals surface area contributed by atoms with E-state index in [1.54, 1.807) is 0 Å². The predicted molar refractivity (Wildman–Crippen MR) is 101 cm³/mol. The molecule has 25 heavy (non-hydrogen) atoms. The molecule has 0 aliphatic rings. The van der Waals surface area contributed by atoms with Crippen LogP contribution in [0.5, 0.6) is 0 Å². The van der Waals surface area contributed by atoms with Crippen molar-refractivity contribution in [3.63, 3.8) is 0 Å². The lowest BCUT2D eigenvalue weighted by molar-refractivity contribution is -0.121. The number of esters is 1. The third-order valence-corrected chi connectivity index (χ3v) is 5.09. The fourth-order valence-corrected chi connectivity index (χ4v) is 3.49. The average molecular weight is 359 g/mol. The summed E-state index contributed by atoms with van der Waals surface area (Å²) in [7, 11) is 0. The van der Waals surface area contributed by atoms with Gasteiger partial charge in [-0.25, -0.2) is 4.79 Å². The van der Waals surface area contributed by atoms with E-state index in [0.717, 1.165) is 16.9 Å². The fraction of sp³-hybridized carbons (Fsp3) is 0.400. The number of carbonyl (C=O) groups excluding carboxylic acids is 2. The lowest BCUT2D eigenvalue weighted by Gasteiger charge is -2.06. The van der Waals surface area contributed by atoms with Gasteiger partial charge < -0.3 is 10.1 Å². The minimum absolute atomic E-state index is 0.0307. The molecule has 0 aliphatic heterocycles. The largest absolute Gasteiger partial charge is 0.460 e. The van der Waals surface area contributed by atoms with Crippen LogP contribution < -0.4 is 5.32 Å². The van der Waals surface area contributed by atoms with Gasteiger partial charge in [-0.2, -0.15) is 0 Å². The number of carbonyl (C=O) groups is 2. The number of hydrogen-bond donors (Lipinski definition) is 1. The van der Waals surface area contributed by atoms with Crippen LogP contribution in [0, 0.1) is 13.8 Å². The molecule has 0 atom stereocenters. The Morgan fingerprint density at radius 3 is 2.52 bits per heavy atom. The summed E-state index contributed by atoms with van der Waals surface area (Å²) in [5.41, 5.74) is 3.54. The number of ether oxygens (including phenoxy) is 1. The number of benzene rings is 1.